The summed E-state index contributed by atoms with van der Waals surface area (Å²) in [6.45, 7) is 0.372. The number of alkyl halides is 3. The molecular weight excluding hydrogens is 513 g/mol. The SMILES string of the molecule is CS(=O)(=O)c1nc(-c2cccn2Cc2ccc(-c3ccccc3)cc2)cc(C(F)(F)F)n1.c1ccncc1. The highest BCUT2D eigenvalue weighted by molar-refractivity contribution is 7.90. The maximum absolute atomic E-state index is 13.3. The van der Waals surface area contributed by atoms with Gasteiger partial charge < -0.3 is 4.57 Å². The lowest BCUT2D eigenvalue weighted by molar-refractivity contribution is -0.141. The smallest absolute Gasteiger partial charge is 0.342 e. The number of sulfone groups is 1. The molecule has 5 aromatic rings. The molecule has 0 fully saturated rings. The highest BCUT2D eigenvalue weighted by atomic mass is 32.2. The van der Waals surface area contributed by atoms with Gasteiger partial charge in [-0.05, 0) is 47.0 Å². The van der Waals surface area contributed by atoms with Crippen LogP contribution in [0.25, 0.3) is 22.5 Å². The number of hydrogen-bond acceptors (Lipinski definition) is 5. The zero-order chi connectivity index (χ0) is 27.2. The van der Waals surface area contributed by atoms with Crippen LogP contribution >= 0.6 is 0 Å². The van der Waals surface area contributed by atoms with E-state index in [1.165, 1.54) is 0 Å². The van der Waals surface area contributed by atoms with Crippen LogP contribution in [0.2, 0.25) is 0 Å². The van der Waals surface area contributed by atoms with E-state index in [9.17, 15) is 21.6 Å². The Morgan fingerprint density at radius 1 is 0.789 bits per heavy atom. The molecule has 3 aromatic heterocycles. The van der Waals surface area contributed by atoms with Crippen LogP contribution in [0.4, 0.5) is 13.2 Å². The summed E-state index contributed by atoms with van der Waals surface area (Å²) in [7, 11) is -4.03. The van der Waals surface area contributed by atoms with Crippen molar-refractivity contribution in [1.29, 1.82) is 0 Å². The van der Waals surface area contributed by atoms with Gasteiger partial charge in [0.15, 0.2) is 0 Å². The zero-order valence-corrected chi connectivity index (χ0v) is 21.1. The van der Waals surface area contributed by atoms with Crippen LogP contribution < -0.4 is 0 Å². The zero-order valence-electron chi connectivity index (χ0n) is 20.2. The van der Waals surface area contributed by atoms with E-state index in [1.807, 2.05) is 72.8 Å². The summed E-state index contributed by atoms with van der Waals surface area (Å²) in [5.41, 5.74) is 1.99. The van der Waals surface area contributed by atoms with Gasteiger partial charge in [-0.1, -0.05) is 60.7 Å². The Labute approximate surface area is 218 Å². The summed E-state index contributed by atoms with van der Waals surface area (Å²) in [5.74, 6) is 0. The molecule has 0 spiro atoms. The minimum absolute atomic E-state index is 0.112. The van der Waals surface area contributed by atoms with E-state index in [0.717, 1.165) is 29.0 Å². The minimum Gasteiger partial charge on any atom is -0.342 e. The molecule has 0 N–H and O–H groups in total. The first-order valence-electron chi connectivity index (χ1n) is 11.4. The third kappa shape index (κ3) is 6.92. The van der Waals surface area contributed by atoms with E-state index < -0.39 is 26.9 Å². The molecule has 0 atom stereocenters. The van der Waals surface area contributed by atoms with Crippen LogP contribution in [0.1, 0.15) is 11.3 Å². The predicted octanol–water partition coefficient (Wildman–Crippen LogP) is 6.16. The van der Waals surface area contributed by atoms with Crippen molar-refractivity contribution in [1.82, 2.24) is 19.5 Å². The van der Waals surface area contributed by atoms with Crippen molar-refractivity contribution in [3.05, 3.63) is 121 Å². The van der Waals surface area contributed by atoms with Crippen molar-refractivity contribution in [3.63, 3.8) is 0 Å². The summed E-state index contributed by atoms with van der Waals surface area (Å²) in [6, 6.07) is 27.4. The third-order valence-electron chi connectivity index (χ3n) is 5.40. The van der Waals surface area contributed by atoms with Crippen LogP contribution in [-0.4, -0.2) is 34.2 Å². The molecule has 0 aliphatic rings. The van der Waals surface area contributed by atoms with Gasteiger partial charge >= 0.3 is 6.18 Å². The number of aromatic nitrogens is 4. The Balaban J connectivity index is 0.000000494. The molecule has 3 heterocycles. The van der Waals surface area contributed by atoms with Gasteiger partial charge in [0, 0.05) is 31.4 Å². The molecule has 0 unspecified atom stereocenters. The first kappa shape index (κ1) is 26.7. The van der Waals surface area contributed by atoms with Crippen molar-refractivity contribution < 1.29 is 21.6 Å². The normalized spacial score (nSPS) is 11.5. The molecule has 0 aliphatic heterocycles. The van der Waals surface area contributed by atoms with Crippen molar-refractivity contribution in [2.75, 3.05) is 6.26 Å². The van der Waals surface area contributed by atoms with Crippen molar-refractivity contribution in [2.45, 2.75) is 17.9 Å². The van der Waals surface area contributed by atoms with Crippen molar-refractivity contribution in [3.8, 4) is 22.5 Å². The Kier molecular flexibility index (Phi) is 8.02. The van der Waals surface area contributed by atoms with Crippen LogP contribution in [0.15, 0.2) is 115 Å². The second-order valence-electron chi connectivity index (χ2n) is 8.30. The lowest BCUT2D eigenvalue weighted by Gasteiger charge is -2.13. The molecule has 0 radical (unpaired) electrons. The number of nitrogens with zero attached hydrogens (tertiary/aromatic N) is 4. The maximum atomic E-state index is 13.3. The fourth-order valence-electron chi connectivity index (χ4n) is 3.59. The van der Waals surface area contributed by atoms with E-state index in [4.69, 9.17) is 0 Å². The van der Waals surface area contributed by atoms with Gasteiger partial charge in [0.05, 0.1) is 11.4 Å². The summed E-state index contributed by atoms with van der Waals surface area (Å²) in [4.78, 5) is 10.9. The third-order valence-corrected chi connectivity index (χ3v) is 6.25. The summed E-state index contributed by atoms with van der Waals surface area (Å²) in [5, 5.41) is -0.859. The Morgan fingerprint density at radius 3 is 1.97 bits per heavy atom. The van der Waals surface area contributed by atoms with Crippen LogP contribution in [-0.2, 0) is 22.6 Å². The van der Waals surface area contributed by atoms with Gasteiger partial charge in [-0.15, -0.1) is 0 Å². The lowest BCUT2D eigenvalue weighted by atomic mass is 10.0. The second-order valence-corrected chi connectivity index (χ2v) is 10.2. The highest BCUT2D eigenvalue weighted by Crippen LogP contribution is 2.31. The average Bonchev–Trinajstić information content (AvgIpc) is 3.38. The highest BCUT2D eigenvalue weighted by Gasteiger charge is 2.35. The molecule has 5 rings (SSSR count). The molecule has 194 valence electrons. The molecule has 0 saturated heterocycles. The van der Waals surface area contributed by atoms with Crippen molar-refractivity contribution >= 4 is 9.84 Å². The first-order chi connectivity index (χ1) is 18.1. The average molecular weight is 537 g/mol. The van der Waals surface area contributed by atoms with E-state index in [0.29, 0.717) is 12.2 Å². The number of hydrogen-bond donors (Lipinski definition) is 0. The lowest BCUT2D eigenvalue weighted by Crippen LogP contribution is -2.14. The largest absolute Gasteiger partial charge is 0.433 e. The standard InChI is InChI=1S/C23H18F3N3O2S.C5H5N/c1-32(30,31)22-27-19(14-21(28-22)23(24,25)26)20-8-5-13-29(20)15-16-9-11-18(12-10-16)17-6-3-2-4-7-17;1-2-4-6-5-3-1/h2-14H,15H2,1H3;1-5H. The fourth-order valence-corrected chi connectivity index (χ4v) is 4.12. The molecule has 0 amide bonds. The Morgan fingerprint density at radius 2 is 1.42 bits per heavy atom. The van der Waals surface area contributed by atoms with Gasteiger partial charge in [0.2, 0.25) is 15.0 Å². The maximum Gasteiger partial charge on any atom is 0.433 e. The Bertz CT molecular complexity index is 1560. The van der Waals surface area contributed by atoms with E-state index in [1.54, 1.807) is 35.3 Å². The fraction of sp³-hybridized carbons (Fsp3) is 0.107. The topological polar surface area (TPSA) is 77.7 Å². The molecule has 38 heavy (non-hydrogen) atoms. The number of halogens is 3. The predicted molar refractivity (Wildman–Crippen MR) is 139 cm³/mol. The van der Waals surface area contributed by atoms with Gasteiger partial charge in [-0.25, -0.2) is 18.4 Å². The van der Waals surface area contributed by atoms with Gasteiger partial charge in [0.1, 0.15) is 5.69 Å². The van der Waals surface area contributed by atoms with Gasteiger partial charge in [0.25, 0.3) is 0 Å². The minimum atomic E-state index is -4.80. The quantitative estimate of drug-likeness (QED) is 0.251. The van der Waals surface area contributed by atoms with E-state index in [2.05, 4.69) is 15.0 Å². The number of rotatable bonds is 5. The molecule has 0 aliphatic carbocycles. The molecular formula is C28H23F3N4O2S. The molecule has 0 saturated carbocycles. The second kappa shape index (κ2) is 11.4. The molecule has 2 aromatic carbocycles. The summed E-state index contributed by atoms with van der Waals surface area (Å²) in [6.07, 6.45) is 1.18. The van der Waals surface area contributed by atoms with Gasteiger partial charge in [-0.2, -0.15) is 13.2 Å². The molecule has 0 bridgehead atoms. The molecule has 6 nitrogen and oxygen atoms in total. The first-order valence-corrected chi connectivity index (χ1v) is 13.3. The number of benzene rings is 2. The monoisotopic (exact) mass is 536 g/mol. The van der Waals surface area contributed by atoms with Crippen LogP contribution in [0.3, 0.4) is 0 Å². The van der Waals surface area contributed by atoms with Crippen LogP contribution in [0.5, 0.6) is 0 Å². The van der Waals surface area contributed by atoms with Crippen molar-refractivity contribution in [2.24, 2.45) is 0 Å². The summed E-state index contributed by atoms with van der Waals surface area (Å²) >= 11 is 0. The molecule has 10 heteroatoms. The van der Waals surface area contributed by atoms with E-state index in [-0.39, 0.29) is 5.69 Å². The van der Waals surface area contributed by atoms with Crippen LogP contribution in [0, 0.1) is 0 Å². The number of pyridine rings is 1. The van der Waals surface area contributed by atoms with Gasteiger partial charge in [-0.3, -0.25) is 4.98 Å². The van der Waals surface area contributed by atoms with E-state index >= 15 is 0 Å². The Hall–Kier alpha value is -4.31. The summed E-state index contributed by atoms with van der Waals surface area (Å²) < 4.78 is 65.4.